The average molecular weight is 408 g/mol. The molecule has 0 radical (unpaired) electrons. The number of hydrogen-bond donors (Lipinski definition) is 1. The lowest BCUT2D eigenvalue weighted by Crippen LogP contribution is -2.29. The van der Waals surface area contributed by atoms with Crippen LogP contribution in [0.2, 0.25) is 5.02 Å². The molecule has 1 amide bonds. The van der Waals surface area contributed by atoms with Crippen molar-refractivity contribution in [2.24, 2.45) is 0 Å². The number of amides is 1. The van der Waals surface area contributed by atoms with Crippen molar-refractivity contribution in [2.75, 3.05) is 0 Å². The molecule has 2 aromatic heterocycles. The summed E-state index contributed by atoms with van der Waals surface area (Å²) in [4.78, 5) is 14.9. The first-order chi connectivity index (χ1) is 14.1. The predicted octanol–water partition coefficient (Wildman–Crippen LogP) is 5.21. The van der Waals surface area contributed by atoms with E-state index in [1.165, 1.54) is 12.1 Å². The number of aromatic amines is 1. The Bertz CT molecular complexity index is 1170. The maximum atomic E-state index is 13.5. The minimum Gasteiger partial charge on any atom is -0.467 e. The molecule has 1 aliphatic heterocycles. The van der Waals surface area contributed by atoms with Crippen LogP contribution in [-0.2, 0) is 6.54 Å². The molecule has 1 N–H and O–H groups in total. The van der Waals surface area contributed by atoms with Crippen LogP contribution in [0.5, 0.6) is 0 Å². The van der Waals surface area contributed by atoms with Crippen LogP contribution in [0.4, 0.5) is 4.39 Å². The van der Waals surface area contributed by atoms with E-state index in [0.29, 0.717) is 22.2 Å². The molecule has 0 spiro atoms. The highest BCUT2D eigenvalue weighted by Crippen LogP contribution is 2.43. The monoisotopic (exact) mass is 407 g/mol. The van der Waals surface area contributed by atoms with E-state index in [0.717, 1.165) is 16.7 Å². The average Bonchev–Trinajstić information content (AvgIpc) is 3.44. The van der Waals surface area contributed by atoms with Crippen molar-refractivity contribution < 1.29 is 13.6 Å². The minimum atomic E-state index is -0.423. The van der Waals surface area contributed by atoms with Gasteiger partial charge in [0.15, 0.2) is 0 Å². The molecule has 0 fully saturated rings. The van der Waals surface area contributed by atoms with Crippen LogP contribution in [0, 0.1) is 5.82 Å². The van der Waals surface area contributed by atoms with Gasteiger partial charge in [-0.05, 0) is 42.0 Å². The fourth-order valence-corrected chi connectivity index (χ4v) is 3.88. The first-order valence-electron chi connectivity index (χ1n) is 9.05. The van der Waals surface area contributed by atoms with Gasteiger partial charge >= 0.3 is 0 Å². The number of benzene rings is 2. The second-order valence-corrected chi connectivity index (χ2v) is 7.27. The summed E-state index contributed by atoms with van der Waals surface area (Å²) >= 11 is 6.02. The molecule has 0 bridgehead atoms. The maximum Gasteiger partial charge on any atom is 0.273 e. The summed E-state index contributed by atoms with van der Waals surface area (Å²) in [6.45, 7) is 0.288. The van der Waals surface area contributed by atoms with E-state index in [-0.39, 0.29) is 18.3 Å². The summed E-state index contributed by atoms with van der Waals surface area (Å²) in [7, 11) is 0. The smallest absolute Gasteiger partial charge is 0.273 e. The SMILES string of the molecule is O=C1c2[nH]nc(-c3ccc(Cl)cc3)c2C(c2ccc(F)cc2)N1Cc1ccco1. The van der Waals surface area contributed by atoms with Gasteiger partial charge in [0, 0.05) is 16.1 Å². The number of nitrogens with zero attached hydrogens (tertiary/aromatic N) is 2. The second kappa shape index (κ2) is 6.90. The fourth-order valence-electron chi connectivity index (χ4n) is 3.75. The third kappa shape index (κ3) is 3.02. The number of H-pyrrole nitrogens is 1. The van der Waals surface area contributed by atoms with E-state index in [2.05, 4.69) is 10.2 Å². The lowest BCUT2D eigenvalue weighted by Gasteiger charge is -2.25. The van der Waals surface area contributed by atoms with Crippen molar-refractivity contribution in [3.63, 3.8) is 0 Å². The largest absolute Gasteiger partial charge is 0.467 e. The summed E-state index contributed by atoms with van der Waals surface area (Å²) in [6.07, 6.45) is 1.57. The van der Waals surface area contributed by atoms with Crippen molar-refractivity contribution in [1.82, 2.24) is 15.1 Å². The first-order valence-corrected chi connectivity index (χ1v) is 9.42. The molecule has 4 aromatic rings. The number of furan rings is 1. The number of fused-ring (bicyclic) bond motifs is 1. The Kier molecular flexibility index (Phi) is 4.21. The molecule has 144 valence electrons. The Balaban J connectivity index is 1.65. The molecule has 0 aliphatic carbocycles. The molecule has 3 heterocycles. The zero-order chi connectivity index (χ0) is 20.0. The van der Waals surface area contributed by atoms with Gasteiger partial charge in [0.1, 0.15) is 17.3 Å². The van der Waals surface area contributed by atoms with Gasteiger partial charge in [-0.3, -0.25) is 9.89 Å². The number of hydrogen-bond acceptors (Lipinski definition) is 3. The van der Waals surface area contributed by atoms with Crippen LogP contribution in [0.25, 0.3) is 11.3 Å². The van der Waals surface area contributed by atoms with Gasteiger partial charge in [-0.15, -0.1) is 0 Å². The molecule has 1 unspecified atom stereocenters. The zero-order valence-electron chi connectivity index (χ0n) is 15.1. The number of nitrogens with one attached hydrogen (secondary N) is 1. The highest BCUT2D eigenvalue weighted by atomic mass is 35.5. The Morgan fingerprint density at radius 3 is 2.55 bits per heavy atom. The molecule has 5 nitrogen and oxygen atoms in total. The fraction of sp³-hybridized carbons (Fsp3) is 0.0909. The van der Waals surface area contributed by atoms with Gasteiger partial charge in [0.25, 0.3) is 5.91 Å². The van der Waals surface area contributed by atoms with Gasteiger partial charge < -0.3 is 9.32 Å². The molecule has 1 atom stereocenters. The number of rotatable bonds is 4. The minimum absolute atomic E-state index is 0.182. The highest BCUT2D eigenvalue weighted by Gasteiger charge is 2.42. The van der Waals surface area contributed by atoms with Crippen LogP contribution in [-0.4, -0.2) is 21.0 Å². The van der Waals surface area contributed by atoms with E-state index in [1.54, 1.807) is 41.5 Å². The molecule has 0 saturated carbocycles. The van der Waals surface area contributed by atoms with Crippen LogP contribution in [0.1, 0.15) is 33.4 Å². The normalized spacial score (nSPS) is 15.7. The summed E-state index contributed by atoms with van der Waals surface area (Å²) in [5.41, 5.74) is 3.49. The van der Waals surface area contributed by atoms with Gasteiger partial charge in [-0.25, -0.2) is 4.39 Å². The molecule has 29 heavy (non-hydrogen) atoms. The van der Waals surface area contributed by atoms with Gasteiger partial charge in [0.05, 0.1) is 24.5 Å². The molecular formula is C22H15ClFN3O2. The topological polar surface area (TPSA) is 62.1 Å². The van der Waals surface area contributed by atoms with Crippen LogP contribution in [0.15, 0.2) is 71.3 Å². The van der Waals surface area contributed by atoms with Gasteiger partial charge in [-0.1, -0.05) is 35.9 Å². The standard InChI is InChI=1S/C22H15ClFN3O2/c23-15-7-3-13(4-8-15)19-18-20(26-25-19)22(28)27(12-17-2-1-11-29-17)21(18)14-5-9-16(24)10-6-14/h1-11,21H,12H2,(H,25,26). The van der Waals surface area contributed by atoms with E-state index in [9.17, 15) is 9.18 Å². The van der Waals surface area contributed by atoms with Crippen LogP contribution >= 0.6 is 11.6 Å². The summed E-state index contributed by atoms with van der Waals surface area (Å²) < 4.78 is 19.0. The quantitative estimate of drug-likeness (QED) is 0.505. The lowest BCUT2D eigenvalue weighted by molar-refractivity contribution is 0.0717. The zero-order valence-corrected chi connectivity index (χ0v) is 15.9. The Labute approximate surface area is 170 Å². The van der Waals surface area contributed by atoms with Crippen molar-refractivity contribution in [2.45, 2.75) is 12.6 Å². The van der Waals surface area contributed by atoms with E-state index in [4.69, 9.17) is 16.0 Å². The Morgan fingerprint density at radius 2 is 1.86 bits per heavy atom. The molecule has 0 saturated heterocycles. The summed E-state index contributed by atoms with van der Waals surface area (Å²) in [6, 6.07) is 16.6. The third-order valence-electron chi connectivity index (χ3n) is 5.07. The Morgan fingerprint density at radius 1 is 1.10 bits per heavy atom. The maximum absolute atomic E-state index is 13.5. The highest BCUT2D eigenvalue weighted by molar-refractivity contribution is 6.30. The van der Waals surface area contributed by atoms with Crippen molar-refractivity contribution in [1.29, 1.82) is 0 Å². The van der Waals surface area contributed by atoms with Crippen LogP contribution < -0.4 is 0 Å². The number of halogens is 2. The van der Waals surface area contributed by atoms with Crippen LogP contribution in [0.3, 0.4) is 0 Å². The van der Waals surface area contributed by atoms with Crippen molar-refractivity contribution in [3.8, 4) is 11.3 Å². The van der Waals surface area contributed by atoms with Gasteiger partial charge in [-0.2, -0.15) is 5.10 Å². The molecule has 5 rings (SSSR count). The second-order valence-electron chi connectivity index (χ2n) is 6.83. The van der Waals surface area contributed by atoms with E-state index in [1.807, 2.05) is 18.2 Å². The number of carbonyl (C=O) groups is 1. The van der Waals surface area contributed by atoms with Crippen molar-refractivity contribution in [3.05, 3.63) is 100 Å². The molecule has 1 aliphatic rings. The third-order valence-corrected chi connectivity index (χ3v) is 5.33. The van der Waals surface area contributed by atoms with Gasteiger partial charge in [0.2, 0.25) is 0 Å². The Hall–Kier alpha value is -3.38. The first kappa shape index (κ1) is 17.7. The number of carbonyl (C=O) groups excluding carboxylic acids is 1. The van der Waals surface area contributed by atoms with E-state index < -0.39 is 6.04 Å². The summed E-state index contributed by atoms with van der Waals surface area (Å²) in [5, 5.41) is 7.91. The number of aromatic nitrogens is 2. The molecule has 7 heteroatoms. The molecule has 2 aromatic carbocycles. The lowest BCUT2D eigenvalue weighted by atomic mass is 9.96. The van der Waals surface area contributed by atoms with Crippen molar-refractivity contribution >= 4 is 17.5 Å². The predicted molar refractivity (Wildman–Crippen MR) is 106 cm³/mol. The molecular weight excluding hydrogens is 393 g/mol. The summed E-state index contributed by atoms with van der Waals surface area (Å²) in [5.74, 6) is 0.149. The van der Waals surface area contributed by atoms with E-state index >= 15 is 0 Å².